The number of halogens is 1. The standard InChI is InChI=1S/C10H15N3O3S.ClH/c11-6-1-7-13-10(14)8-2-4-9(5-3-8)17(12,15)16;/h2-5H,1,6-7,11H2,(H,13,14)(H2,12,15,16);1H. The fraction of sp³-hybridized carbons (Fsp3) is 0.300. The van der Waals surface area contributed by atoms with Crippen molar-refractivity contribution in [1.29, 1.82) is 0 Å². The maximum atomic E-state index is 11.5. The van der Waals surface area contributed by atoms with E-state index in [0.29, 0.717) is 25.1 Å². The van der Waals surface area contributed by atoms with E-state index in [1.54, 1.807) is 0 Å². The van der Waals surface area contributed by atoms with Crippen LogP contribution in [0.5, 0.6) is 0 Å². The summed E-state index contributed by atoms with van der Waals surface area (Å²) in [5, 5.41) is 7.60. The Morgan fingerprint density at radius 3 is 2.22 bits per heavy atom. The van der Waals surface area contributed by atoms with Crippen molar-refractivity contribution in [2.45, 2.75) is 11.3 Å². The maximum Gasteiger partial charge on any atom is 0.251 e. The number of amides is 1. The summed E-state index contributed by atoms with van der Waals surface area (Å²) in [7, 11) is -3.71. The van der Waals surface area contributed by atoms with Crippen LogP contribution >= 0.6 is 12.4 Å². The Bertz CT molecular complexity index is 488. The molecule has 0 spiro atoms. The van der Waals surface area contributed by atoms with Crippen molar-refractivity contribution in [3.05, 3.63) is 29.8 Å². The molecule has 0 unspecified atom stereocenters. The van der Waals surface area contributed by atoms with Gasteiger partial charge in [-0.1, -0.05) is 0 Å². The molecule has 8 heteroatoms. The van der Waals surface area contributed by atoms with E-state index in [1.165, 1.54) is 24.3 Å². The minimum absolute atomic E-state index is 0. The molecule has 0 aliphatic heterocycles. The molecule has 0 saturated heterocycles. The topological polar surface area (TPSA) is 115 Å². The largest absolute Gasteiger partial charge is 0.352 e. The first kappa shape index (κ1) is 16.9. The lowest BCUT2D eigenvalue weighted by Crippen LogP contribution is -2.26. The molecule has 102 valence electrons. The zero-order chi connectivity index (χ0) is 12.9. The molecule has 0 aliphatic rings. The van der Waals surface area contributed by atoms with Gasteiger partial charge in [-0.25, -0.2) is 13.6 Å². The van der Waals surface area contributed by atoms with Crippen molar-refractivity contribution in [2.24, 2.45) is 10.9 Å². The number of benzene rings is 1. The van der Waals surface area contributed by atoms with Crippen LogP contribution in [0.25, 0.3) is 0 Å². The normalized spacial score (nSPS) is 10.6. The van der Waals surface area contributed by atoms with E-state index in [4.69, 9.17) is 10.9 Å². The van der Waals surface area contributed by atoms with Crippen molar-refractivity contribution >= 4 is 28.3 Å². The Kier molecular flexibility index (Phi) is 6.85. The predicted octanol–water partition coefficient (Wildman–Crippen LogP) is -0.166. The van der Waals surface area contributed by atoms with Gasteiger partial charge in [-0.3, -0.25) is 4.79 Å². The van der Waals surface area contributed by atoms with Gasteiger partial charge in [0.05, 0.1) is 4.90 Å². The third kappa shape index (κ3) is 5.01. The molecule has 0 fully saturated rings. The summed E-state index contributed by atoms with van der Waals surface area (Å²) in [6.07, 6.45) is 0.695. The van der Waals surface area contributed by atoms with Crippen LogP contribution in [0.4, 0.5) is 0 Å². The van der Waals surface area contributed by atoms with Gasteiger partial charge in [-0.05, 0) is 37.2 Å². The van der Waals surface area contributed by atoms with Gasteiger partial charge in [0, 0.05) is 12.1 Å². The number of carbonyl (C=O) groups excluding carboxylic acids is 1. The van der Waals surface area contributed by atoms with Crippen LogP contribution in [0.3, 0.4) is 0 Å². The van der Waals surface area contributed by atoms with E-state index in [-0.39, 0.29) is 23.2 Å². The van der Waals surface area contributed by atoms with E-state index < -0.39 is 10.0 Å². The maximum absolute atomic E-state index is 11.5. The Morgan fingerprint density at radius 2 is 1.78 bits per heavy atom. The smallest absolute Gasteiger partial charge is 0.251 e. The Hall–Kier alpha value is -1.15. The number of primary sulfonamides is 1. The molecule has 0 radical (unpaired) electrons. The van der Waals surface area contributed by atoms with Crippen LogP contribution < -0.4 is 16.2 Å². The predicted molar refractivity (Wildman–Crippen MR) is 71.1 cm³/mol. The van der Waals surface area contributed by atoms with E-state index in [2.05, 4.69) is 5.32 Å². The molecule has 0 heterocycles. The Labute approximate surface area is 112 Å². The van der Waals surface area contributed by atoms with E-state index in [0.717, 1.165) is 0 Å². The average molecular weight is 294 g/mol. The fourth-order valence-corrected chi connectivity index (χ4v) is 1.72. The lowest BCUT2D eigenvalue weighted by Gasteiger charge is -2.04. The lowest BCUT2D eigenvalue weighted by molar-refractivity contribution is 0.0953. The third-order valence-electron chi connectivity index (χ3n) is 2.11. The van der Waals surface area contributed by atoms with Crippen molar-refractivity contribution < 1.29 is 13.2 Å². The second-order valence-electron chi connectivity index (χ2n) is 3.47. The number of nitrogens with two attached hydrogens (primary N) is 2. The molecule has 1 aromatic rings. The molecule has 0 aromatic heterocycles. The van der Waals surface area contributed by atoms with E-state index >= 15 is 0 Å². The highest BCUT2D eigenvalue weighted by atomic mass is 35.5. The van der Waals surface area contributed by atoms with Crippen LogP contribution in [-0.2, 0) is 10.0 Å². The van der Waals surface area contributed by atoms with Crippen LogP contribution in [0, 0.1) is 0 Å². The van der Waals surface area contributed by atoms with Gasteiger partial charge in [0.15, 0.2) is 0 Å². The summed E-state index contributed by atoms with van der Waals surface area (Å²) < 4.78 is 22.0. The minimum Gasteiger partial charge on any atom is -0.352 e. The third-order valence-corrected chi connectivity index (χ3v) is 3.04. The highest BCUT2D eigenvalue weighted by Crippen LogP contribution is 2.08. The fourth-order valence-electron chi connectivity index (χ4n) is 1.20. The van der Waals surface area contributed by atoms with Crippen molar-refractivity contribution in [3.8, 4) is 0 Å². The number of rotatable bonds is 5. The average Bonchev–Trinajstić information content (AvgIpc) is 2.28. The van der Waals surface area contributed by atoms with Gasteiger partial charge in [-0.15, -0.1) is 12.4 Å². The van der Waals surface area contributed by atoms with Gasteiger partial charge < -0.3 is 11.1 Å². The van der Waals surface area contributed by atoms with Crippen LogP contribution in [0.1, 0.15) is 16.8 Å². The van der Waals surface area contributed by atoms with Gasteiger partial charge in [-0.2, -0.15) is 0 Å². The molecule has 0 aliphatic carbocycles. The van der Waals surface area contributed by atoms with Crippen molar-refractivity contribution in [3.63, 3.8) is 0 Å². The van der Waals surface area contributed by atoms with Gasteiger partial charge in [0.25, 0.3) is 5.91 Å². The highest BCUT2D eigenvalue weighted by molar-refractivity contribution is 7.89. The second-order valence-corrected chi connectivity index (χ2v) is 5.03. The monoisotopic (exact) mass is 293 g/mol. The number of nitrogens with one attached hydrogen (secondary N) is 1. The minimum atomic E-state index is -3.71. The summed E-state index contributed by atoms with van der Waals surface area (Å²) in [6.45, 7) is 0.997. The lowest BCUT2D eigenvalue weighted by atomic mass is 10.2. The summed E-state index contributed by atoms with van der Waals surface area (Å²) >= 11 is 0. The summed E-state index contributed by atoms with van der Waals surface area (Å²) in [5.74, 6) is -0.264. The number of sulfonamides is 1. The summed E-state index contributed by atoms with van der Waals surface area (Å²) in [5.41, 5.74) is 5.67. The van der Waals surface area contributed by atoms with Crippen LogP contribution in [0.2, 0.25) is 0 Å². The molecule has 0 atom stereocenters. The van der Waals surface area contributed by atoms with Crippen molar-refractivity contribution in [2.75, 3.05) is 13.1 Å². The quantitative estimate of drug-likeness (QED) is 0.654. The second kappa shape index (κ2) is 7.32. The zero-order valence-electron chi connectivity index (χ0n) is 9.63. The first-order valence-electron chi connectivity index (χ1n) is 5.06. The molecule has 1 rings (SSSR count). The Morgan fingerprint density at radius 1 is 1.22 bits per heavy atom. The van der Waals surface area contributed by atoms with Gasteiger partial charge in [0.1, 0.15) is 0 Å². The number of hydrogen-bond acceptors (Lipinski definition) is 4. The molecular formula is C10H16ClN3O3S. The van der Waals surface area contributed by atoms with Crippen molar-refractivity contribution in [1.82, 2.24) is 5.32 Å². The summed E-state index contributed by atoms with van der Waals surface area (Å²) in [4.78, 5) is 11.5. The number of carbonyl (C=O) groups is 1. The molecule has 0 saturated carbocycles. The van der Waals surface area contributed by atoms with Crippen LogP contribution in [-0.4, -0.2) is 27.4 Å². The van der Waals surface area contributed by atoms with E-state index in [1.807, 2.05) is 0 Å². The molecular weight excluding hydrogens is 278 g/mol. The van der Waals surface area contributed by atoms with Gasteiger partial charge in [0.2, 0.25) is 10.0 Å². The molecule has 0 bridgehead atoms. The summed E-state index contributed by atoms with van der Waals surface area (Å²) in [6, 6.07) is 5.43. The molecule has 1 amide bonds. The zero-order valence-corrected chi connectivity index (χ0v) is 11.3. The first-order valence-corrected chi connectivity index (χ1v) is 6.61. The Balaban J connectivity index is 0.00000289. The van der Waals surface area contributed by atoms with Crippen LogP contribution in [0.15, 0.2) is 29.2 Å². The van der Waals surface area contributed by atoms with E-state index in [9.17, 15) is 13.2 Å². The molecule has 5 N–H and O–H groups in total. The SMILES string of the molecule is Cl.NCCCNC(=O)c1ccc(S(N)(=O)=O)cc1. The molecule has 1 aromatic carbocycles. The number of hydrogen-bond donors (Lipinski definition) is 3. The first-order chi connectivity index (χ1) is 7.95. The molecule has 6 nitrogen and oxygen atoms in total. The van der Waals surface area contributed by atoms with Gasteiger partial charge >= 0.3 is 0 Å². The highest BCUT2D eigenvalue weighted by Gasteiger charge is 2.09. The molecule has 18 heavy (non-hydrogen) atoms.